The predicted molar refractivity (Wildman–Crippen MR) is 77.5 cm³/mol. The molecule has 8 heteroatoms. The second kappa shape index (κ2) is 8.05. The number of benzene rings is 1. The third-order valence-corrected chi connectivity index (χ3v) is 3.19. The number of rotatable bonds is 8. The molecule has 0 radical (unpaired) electrons. The Morgan fingerprint density at radius 3 is 2.08 bits per heavy atom. The van der Waals surface area contributed by atoms with Gasteiger partial charge in [-0.25, -0.2) is 4.79 Å². The summed E-state index contributed by atoms with van der Waals surface area (Å²) in [4.78, 5) is 22.6. The standard InChI is InChI=1S/C16H20F2O6/c1-9(2)13(16(17,18)15(20)21)24-14(19)11-5-7-12(8-6-11)23-10(3)22-4/h5-10,13H,1-4H3,(H,20,21)/p-1. The Morgan fingerprint density at radius 1 is 1.12 bits per heavy atom. The van der Waals surface area contributed by atoms with Gasteiger partial charge in [-0.1, -0.05) is 13.8 Å². The van der Waals surface area contributed by atoms with Crippen LogP contribution in [0.4, 0.5) is 8.78 Å². The van der Waals surface area contributed by atoms with Gasteiger partial charge in [-0.2, -0.15) is 8.78 Å². The second-order valence-electron chi connectivity index (χ2n) is 5.43. The van der Waals surface area contributed by atoms with Gasteiger partial charge in [0.1, 0.15) is 11.7 Å². The first-order valence-corrected chi connectivity index (χ1v) is 7.19. The first-order valence-electron chi connectivity index (χ1n) is 7.19. The maximum absolute atomic E-state index is 13.6. The van der Waals surface area contributed by atoms with Gasteiger partial charge in [-0.05, 0) is 37.1 Å². The summed E-state index contributed by atoms with van der Waals surface area (Å²) in [5.41, 5.74) is -0.0211. The number of ether oxygens (including phenoxy) is 3. The quantitative estimate of drug-likeness (QED) is 0.526. The zero-order valence-corrected chi connectivity index (χ0v) is 13.7. The van der Waals surface area contributed by atoms with Crippen molar-refractivity contribution in [3.63, 3.8) is 0 Å². The molecule has 0 saturated heterocycles. The maximum Gasteiger partial charge on any atom is 0.338 e. The molecular weight excluding hydrogens is 326 g/mol. The molecule has 0 bridgehead atoms. The van der Waals surface area contributed by atoms with Gasteiger partial charge in [0.15, 0.2) is 12.4 Å². The molecule has 0 aliphatic rings. The monoisotopic (exact) mass is 345 g/mol. The summed E-state index contributed by atoms with van der Waals surface area (Å²) >= 11 is 0. The smallest absolute Gasteiger partial charge is 0.338 e. The summed E-state index contributed by atoms with van der Waals surface area (Å²) < 4.78 is 42.1. The van der Waals surface area contributed by atoms with E-state index in [1.165, 1.54) is 45.2 Å². The van der Waals surface area contributed by atoms with Crippen molar-refractivity contribution in [2.24, 2.45) is 5.92 Å². The van der Waals surface area contributed by atoms with Gasteiger partial charge in [0, 0.05) is 7.11 Å². The molecule has 0 amide bonds. The fourth-order valence-corrected chi connectivity index (χ4v) is 1.84. The molecule has 0 aromatic heterocycles. The molecule has 1 aromatic rings. The number of halogens is 2. The largest absolute Gasteiger partial charge is 0.544 e. The second-order valence-corrected chi connectivity index (χ2v) is 5.43. The number of esters is 1. The molecule has 0 N–H and O–H groups in total. The Morgan fingerprint density at radius 2 is 1.67 bits per heavy atom. The summed E-state index contributed by atoms with van der Waals surface area (Å²) in [6.07, 6.45) is -2.64. The molecule has 0 saturated carbocycles. The summed E-state index contributed by atoms with van der Waals surface area (Å²) in [6.45, 7) is 4.30. The number of hydrogen-bond donors (Lipinski definition) is 0. The van der Waals surface area contributed by atoms with Crippen molar-refractivity contribution < 1.29 is 37.7 Å². The Bertz CT molecular complexity index is 570. The van der Waals surface area contributed by atoms with Crippen LogP contribution in [-0.2, 0) is 14.3 Å². The highest BCUT2D eigenvalue weighted by Crippen LogP contribution is 2.28. The molecule has 134 valence electrons. The van der Waals surface area contributed by atoms with Crippen LogP contribution in [0.25, 0.3) is 0 Å². The van der Waals surface area contributed by atoms with Crippen LogP contribution in [0.2, 0.25) is 0 Å². The first-order chi connectivity index (χ1) is 11.1. The van der Waals surface area contributed by atoms with Crippen LogP contribution in [-0.4, -0.2) is 37.4 Å². The van der Waals surface area contributed by atoms with Crippen LogP contribution in [0.1, 0.15) is 31.1 Å². The lowest BCUT2D eigenvalue weighted by Crippen LogP contribution is -2.53. The number of carbonyl (C=O) groups is 2. The van der Waals surface area contributed by atoms with E-state index in [9.17, 15) is 23.5 Å². The van der Waals surface area contributed by atoms with Crippen molar-refractivity contribution in [3.8, 4) is 5.75 Å². The normalized spacial score (nSPS) is 14.1. The number of carboxylic acids is 1. The topological polar surface area (TPSA) is 84.9 Å². The van der Waals surface area contributed by atoms with Crippen LogP contribution >= 0.6 is 0 Å². The van der Waals surface area contributed by atoms with E-state index in [0.29, 0.717) is 5.75 Å². The van der Waals surface area contributed by atoms with Gasteiger partial charge in [0.25, 0.3) is 0 Å². The Balaban J connectivity index is 2.87. The van der Waals surface area contributed by atoms with Crippen LogP contribution in [0.5, 0.6) is 5.75 Å². The number of hydrogen-bond acceptors (Lipinski definition) is 6. The molecule has 1 rings (SSSR count). The molecule has 0 aliphatic heterocycles. The van der Waals surface area contributed by atoms with E-state index in [-0.39, 0.29) is 5.56 Å². The van der Waals surface area contributed by atoms with Crippen molar-refractivity contribution >= 4 is 11.9 Å². The molecule has 2 unspecified atom stereocenters. The van der Waals surface area contributed by atoms with E-state index in [1.807, 2.05) is 0 Å². The third kappa shape index (κ3) is 4.89. The molecule has 6 nitrogen and oxygen atoms in total. The summed E-state index contributed by atoms with van der Waals surface area (Å²) in [7, 11) is 1.46. The van der Waals surface area contributed by atoms with Crippen molar-refractivity contribution in [3.05, 3.63) is 29.8 Å². The van der Waals surface area contributed by atoms with Gasteiger partial charge in [-0.15, -0.1) is 0 Å². The summed E-state index contributed by atoms with van der Waals surface area (Å²) in [5.74, 6) is -8.47. The van der Waals surface area contributed by atoms with E-state index in [1.54, 1.807) is 6.92 Å². The average molecular weight is 345 g/mol. The van der Waals surface area contributed by atoms with Crippen LogP contribution in [0.15, 0.2) is 24.3 Å². The van der Waals surface area contributed by atoms with Gasteiger partial charge in [0.2, 0.25) is 0 Å². The van der Waals surface area contributed by atoms with E-state index >= 15 is 0 Å². The van der Waals surface area contributed by atoms with Gasteiger partial charge in [-0.3, -0.25) is 0 Å². The van der Waals surface area contributed by atoms with Crippen molar-refractivity contribution in [1.29, 1.82) is 0 Å². The fourth-order valence-electron chi connectivity index (χ4n) is 1.84. The SMILES string of the molecule is COC(C)Oc1ccc(C(=O)OC(C(C)C)C(F)(F)C(=O)[O-])cc1. The maximum atomic E-state index is 13.6. The van der Waals surface area contributed by atoms with Crippen molar-refractivity contribution in [2.45, 2.75) is 39.1 Å². The summed E-state index contributed by atoms with van der Waals surface area (Å²) in [5, 5.41) is 10.6. The van der Waals surface area contributed by atoms with Gasteiger partial charge in [0.05, 0.1) is 5.56 Å². The highest BCUT2D eigenvalue weighted by molar-refractivity contribution is 5.90. The van der Waals surface area contributed by atoms with Crippen LogP contribution in [0.3, 0.4) is 0 Å². The van der Waals surface area contributed by atoms with Gasteiger partial charge >= 0.3 is 11.9 Å². The number of aliphatic carboxylic acids is 1. The third-order valence-electron chi connectivity index (χ3n) is 3.19. The van der Waals surface area contributed by atoms with E-state index < -0.39 is 36.2 Å². The van der Waals surface area contributed by atoms with Crippen molar-refractivity contribution in [2.75, 3.05) is 7.11 Å². The fraction of sp³-hybridized carbons (Fsp3) is 0.500. The van der Waals surface area contributed by atoms with Gasteiger partial charge < -0.3 is 24.1 Å². The average Bonchev–Trinajstić information content (AvgIpc) is 2.52. The minimum atomic E-state index is -4.29. The van der Waals surface area contributed by atoms with E-state index in [0.717, 1.165) is 0 Å². The Labute approximate surface area is 138 Å². The first kappa shape index (κ1) is 19.8. The lowest BCUT2D eigenvalue weighted by atomic mass is 10.0. The molecule has 2 atom stereocenters. The van der Waals surface area contributed by atoms with E-state index in [2.05, 4.69) is 0 Å². The minimum Gasteiger partial charge on any atom is -0.544 e. The number of methoxy groups -OCH3 is 1. The van der Waals surface area contributed by atoms with E-state index in [4.69, 9.17) is 14.2 Å². The number of carboxylic acid groups (broad SMARTS) is 1. The lowest BCUT2D eigenvalue weighted by Gasteiger charge is -2.30. The molecular formula is C16H19F2O6-. The summed E-state index contributed by atoms with van der Waals surface area (Å²) in [6, 6.07) is 5.50. The number of carbonyl (C=O) groups excluding carboxylic acids is 2. The molecule has 0 fully saturated rings. The van der Waals surface area contributed by atoms with Crippen LogP contribution in [0, 0.1) is 5.92 Å². The highest BCUT2D eigenvalue weighted by Gasteiger charge is 2.46. The Kier molecular flexibility index (Phi) is 6.65. The zero-order chi connectivity index (χ0) is 18.5. The predicted octanol–water partition coefficient (Wildman–Crippen LogP) is 1.62. The van der Waals surface area contributed by atoms with Crippen molar-refractivity contribution in [1.82, 2.24) is 0 Å². The minimum absolute atomic E-state index is 0.0211. The highest BCUT2D eigenvalue weighted by atomic mass is 19.3. The number of alkyl halides is 2. The Hall–Kier alpha value is -2.22. The molecule has 0 aliphatic carbocycles. The molecule has 0 heterocycles. The zero-order valence-electron chi connectivity index (χ0n) is 13.7. The molecule has 0 spiro atoms. The molecule has 24 heavy (non-hydrogen) atoms. The molecule has 1 aromatic carbocycles. The lowest BCUT2D eigenvalue weighted by molar-refractivity contribution is -0.337. The van der Waals surface area contributed by atoms with Crippen LogP contribution < -0.4 is 9.84 Å².